The van der Waals surface area contributed by atoms with E-state index in [1.165, 1.54) is 0 Å². The van der Waals surface area contributed by atoms with E-state index >= 15 is 0 Å². The van der Waals surface area contributed by atoms with Crippen LogP contribution in [0.4, 0.5) is 5.69 Å². The van der Waals surface area contributed by atoms with Gasteiger partial charge in [-0.1, -0.05) is 49.4 Å². The second-order valence-corrected chi connectivity index (χ2v) is 6.67. The van der Waals surface area contributed by atoms with Gasteiger partial charge < -0.3 is 15.4 Å². The Morgan fingerprint density at radius 1 is 0.964 bits per heavy atom. The molecule has 1 atom stereocenters. The zero-order valence-corrected chi connectivity index (χ0v) is 16.1. The van der Waals surface area contributed by atoms with Crippen LogP contribution in [0.15, 0.2) is 66.7 Å². The van der Waals surface area contributed by atoms with Crippen LogP contribution in [0.1, 0.15) is 30.6 Å². The molecule has 0 spiro atoms. The fourth-order valence-electron chi connectivity index (χ4n) is 2.79. The number of hydrogen-bond acceptors (Lipinski definition) is 3. The van der Waals surface area contributed by atoms with Crippen LogP contribution in [-0.4, -0.2) is 24.5 Å². The van der Waals surface area contributed by atoms with Gasteiger partial charge in [-0.2, -0.15) is 0 Å². The molecule has 2 N–H and O–H groups in total. The van der Waals surface area contributed by atoms with Crippen molar-refractivity contribution in [1.82, 2.24) is 5.32 Å². The van der Waals surface area contributed by atoms with Crippen molar-refractivity contribution < 1.29 is 14.3 Å². The molecule has 0 fully saturated rings. The molecule has 144 valence electrons. The van der Waals surface area contributed by atoms with Crippen LogP contribution < -0.4 is 15.4 Å². The summed E-state index contributed by atoms with van der Waals surface area (Å²) in [4.78, 5) is 24.8. The van der Waals surface area contributed by atoms with Crippen molar-refractivity contribution in [2.24, 2.45) is 0 Å². The summed E-state index contributed by atoms with van der Waals surface area (Å²) in [6.45, 7) is 3.80. The molecule has 1 unspecified atom stereocenters. The minimum Gasteiger partial charge on any atom is -0.484 e. The van der Waals surface area contributed by atoms with Crippen molar-refractivity contribution in [2.75, 3.05) is 11.9 Å². The first-order chi connectivity index (χ1) is 13.6. The molecule has 3 aromatic carbocycles. The summed E-state index contributed by atoms with van der Waals surface area (Å²) in [7, 11) is 0. The molecule has 3 rings (SSSR count). The normalized spacial score (nSPS) is 11.6. The molecular formula is C23H24N2O3. The molecular weight excluding hydrogens is 352 g/mol. The SMILES string of the molecule is CCC(C)NC(=O)c1ccccc1NC(=O)COc1ccc2ccccc2c1. The number of fused-ring (bicyclic) bond motifs is 1. The number of hydrogen-bond donors (Lipinski definition) is 2. The summed E-state index contributed by atoms with van der Waals surface area (Å²) in [5.41, 5.74) is 0.900. The van der Waals surface area contributed by atoms with E-state index in [1.54, 1.807) is 24.3 Å². The van der Waals surface area contributed by atoms with Gasteiger partial charge in [-0.3, -0.25) is 9.59 Å². The number of anilines is 1. The smallest absolute Gasteiger partial charge is 0.262 e. The molecule has 0 aliphatic carbocycles. The molecule has 0 saturated carbocycles. The third-order valence-electron chi connectivity index (χ3n) is 4.53. The highest BCUT2D eigenvalue weighted by Gasteiger charge is 2.14. The van der Waals surface area contributed by atoms with Gasteiger partial charge in [0.05, 0.1) is 11.3 Å². The Labute approximate surface area is 164 Å². The second kappa shape index (κ2) is 9.04. The van der Waals surface area contributed by atoms with Gasteiger partial charge in [0.2, 0.25) is 0 Å². The van der Waals surface area contributed by atoms with Gasteiger partial charge in [-0.05, 0) is 48.4 Å². The average molecular weight is 376 g/mol. The van der Waals surface area contributed by atoms with E-state index in [9.17, 15) is 9.59 Å². The molecule has 0 saturated heterocycles. The van der Waals surface area contributed by atoms with E-state index in [1.807, 2.05) is 56.3 Å². The van der Waals surface area contributed by atoms with E-state index in [2.05, 4.69) is 10.6 Å². The molecule has 0 aliphatic rings. The Kier molecular flexibility index (Phi) is 6.27. The number of rotatable bonds is 7. The quantitative estimate of drug-likeness (QED) is 0.643. The van der Waals surface area contributed by atoms with E-state index < -0.39 is 0 Å². The number of para-hydroxylation sites is 1. The van der Waals surface area contributed by atoms with Gasteiger partial charge >= 0.3 is 0 Å². The topological polar surface area (TPSA) is 67.4 Å². The van der Waals surface area contributed by atoms with Gasteiger partial charge in [0.15, 0.2) is 6.61 Å². The van der Waals surface area contributed by atoms with Crippen LogP contribution in [0.5, 0.6) is 5.75 Å². The van der Waals surface area contributed by atoms with Crippen LogP contribution in [0.2, 0.25) is 0 Å². The first kappa shape index (κ1) is 19.4. The maximum atomic E-state index is 12.4. The van der Waals surface area contributed by atoms with E-state index in [4.69, 9.17) is 4.74 Å². The molecule has 0 radical (unpaired) electrons. The zero-order valence-electron chi connectivity index (χ0n) is 16.1. The number of benzene rings is 3. The van der Waals surface area contributed by atoms with Gasteiger partial charge in [-0.15, -0.1) is 0 Å². The summed E-state index contributed by atoms with van der Waals surface area (Å²) < 4.78 is 5.62. The molecule has 0 heterocycles. The lowest BCUT2D eigenvalue weighted by Crippen LogP contribution is -2.33. The van der Waals surface area contributed by atoms with E-state index in [0.29, 0.717) is 17.0 Å². The molecule has 2 amide bonds. The number of nitrogens with one attached hydrogen (secondary N) is 2. The Hall–Kier alpha value is -3.34. The average Bonchev–Trinajstić information content (AvgIpc) is 2.72. The lowest BCUT2D eigenvalue weighted by Gasteiger charge is -2.15. The highest BCUT2D eigenvalue weighted by molar-refractivity contribution is 6.04. The minimum absolute atomic E-state index is 0.0625. The number of ether oxygens (including phenoxy) is 1. The van der Waals surface area contributed by atoms with Crippen LogP contribution in [0, 0.1) is 0 Å². The van der Waals surface area contributed by atoms with Crippen molar-refractivity contribution in [3.8, 4) is 5.75 Å². The third-order valence-corrected chi connectivity index (χ3v) is 4.53. The monoisotopic (exact) mass is 376 g/mol. The Balaban J connectivity index is 1.63. The molecule has 5 heteroatoms. The first-order valence-corrected chi connectivity index (χ1v) is 9.38. The molecule has 0 aliphatic heterocycles. The van der Waals surface area contributed by atoms with Crippen molar-refractivity contribution in [3.05, 3.63) is 72.3 Å². The van der Waals surface area contributed by atoms with E-state index in [-0.39, 0.29) is 24.5 Å². The Bertz CT molecular complexity index is 984. The molecule has 0 bridgehead atoms. The Morgan fingerprint density at radius 3 is 2.46 bits per heavy atom. The largest absolute Gasteiger partial charge is 0.484 e. The zero-order chi connectivity index (χ0) is 19.9. The van der Waals surface area contributed by atoms with Crippen molar-refractivity contribution in [3.63, 3.8) is 0 Å². The van der Waals surface area contributed by atoms with Gasteiger partial charge in [-0.25, -0.2) is 0 Å². The highest BCUT2D eigenvalue weighted by atomic mass is 16.5. The minimum atomic E-state index is -0.322. The van der Waals surface area contributed by atoms with Crippen LogP contribution in [0.25, 0.3) is 10.8 Å². The summed E-state index contributed by atoms with van der Waals surface area (Å²) in [6.07, 6.45) is 0.833. The predicted molar refractivity (Wildman–Crippen MR) is 112 cm³/mol. The number of amides is 2. The molecule has 0 aromatic heterocycles. The van der Waals surface area contributed by atoms with Crippen LogP contribution >= 0.6 is 0 Å². The second-order valence-electron chi connectivity index (χ2n) is 6.67. The van der Waals surface area contributed by atoms with Gasteiger partial charge in [0, 0.05) is 6.04 Å². The summed E-state index contributed by atoms with van der Waals surface area (Å²) in [6, 6.07) is 20.7. The summed E-state index contributed by atoms with van der Waals surface area (Å²) >= 11 is 0. The first-order valence-electron chi connectivity index (χ1n) is 9.38. The summed E-state index contributed by atoms with van der Waals surface area (Å²) in [5, 5.41) is 7.84. The van der Waals surface area contributed by atoms with Gasteiger partial charge in [0.1, 0.15) is 5.75 Å². The predicted octanol–water partition coefficient (Wildman–Crippen LogP) is 4.39. The number of carbonyl (C=O) groups is 2. The van der Waals surface area contributed by atoms with Gasteiger partial charge in [0.25, 0.3) is 11.8 Å². The molecule has 5 nitrogen and oxygen atoms in total. The van der Waals surface area contributed by atoms with Crippen LogP contribution in [-0.2, 0) is 4.79 Å². The maximum Gasteiger partial charge on any atom is 0.262 e. The summed E-state index contributed by atoms with van der Waals surface area (Å²) in [5.74, 6) is 0.0919. The molecule has 28 heavy (non-hydrogen) atoms. The van der Waals surface area contributed by atoms with Crippen molar-refractivity contribution in [2.45, 2.75) is 26.3 Å². The van der Waals surface area contributed by atoms with Crippen molar-refractivity contribution >= 4 is 28.3 Å². The Morgan fingerprint density at radius 2 is 1.68 bits per heavy atom. The highest BCUT2D eigenvalue weighted by Crippen LogP contribution is 2.21. The molecule has 3 aromatic rings. The fourth-order valence-corrected chi connectivity index (χ4v) is 2.79. The third kappa shape index (κ3) is 4.88. The van der Waals surface area contributed by atoms with Crippen LogP contribution in [0.3, 0.4) is 0 Å². The fraction of sp³-hybridized carbons (Fsp3) is 0.217. The van der Waals surface area contributed by atoms with E-state index in [0.717, 1.165) is 17.2 Å². The lowest BCUT2D eigenvalue weighted by molar-refractivity contribution is -0.118. The standard InChI is InChI=1S/C23H24N2O3/c1-3-16(2)24-23(27)20-10-6-7-11-21(20)25-22(26)15-28-19-13-12-17-8-4-5-9-18(17)14-19/h4-14,16H,3,15H2,1-2H3,(H,24,27)(H,25,26). The maximum absolute atomic E-state index is 12.4. The number of carbonyl (C=O) groups excluding carboxylic acids is 2. The lowest BCUT2D eigenvalue weighted by atomic mass is 10.1. The van der Waals surface area contributed by atoms with Crippen molar-refractivity contribution in [1.29, 1.82) is 0 Å².